The van der Waals surface area contributed by atoms with Gasteiger partial charge in [-0.15, -0.1) is 0 Å². The van der Waals surface area contributed by atoms with Gasteiger partial charge in [0.25, 0.3) is 0 Å². The van der Waals surface area contributed by atoms with Gasteiger partial charge in [0, 0.05) is 11.8 Å². The highest BCUT2D eigenvalue weighted by atomic mass is 35.5. The van der Waals surface area contributed by atoms with E-state index in [2.05, 4.69) is 10.1 Å². The Labute approximate surface area is 125 Å². The molecule has 0 radical (unpaired) electrons. The lowest BCUT2D eigenvalue weighted by Crippen LogP contribution is -2.17. The van der Waals surface area contributed by atoms with E-state index in [1.807, 2.05) is 0 Å². The van der Waals surface area contributed by atoms with Crippen LogP contribution in [0.25, 0.3) is 0 Å². The van der Waals surface area contributed by atoms with Crippen molar-refractivity contribution in [1.82, 2.24) is 4.98 Å². The zero-order valence-electron chi connectivity index (χ0n) is 11.4. The SMILES string of the molecule is Cc1cc(C)c(/C(N)=N/O)c(Oc2ccc(Cl)c(F)c2)n1. The van der Waals surface area contributed by atoms with E-state index in [0.717, 1.165) is 11.6 Å². The highest BCUT2D eigenvalue weighted by molar-refractivity contribution is 6.30. The van der Waals surface area contributed by atoms with Crippen LogP contribution < -0.4 is 10.5 Å². The summed E-state index contributed by atoms with van der Waals surface area (Å²) in [6, 6.07) is 5.78. The van der Waals surface area contributed by atoms with Crippen molar-refractivity contribution in [2.45, 2.75) is 13.8 Å². The highest BCUT2D eigenvalue weighted by Crippen LogP contribution is 2.28. The summed E-state index contributed by atoms with van der Waals surface area (Å²) in [4.78, 5) is 4.20. The first kappa shape index (κ1) is 15.1. The Bertz CT molecular complexity index is 720. The number of nitrogens with zero attached hydrogens (tertiary/aromatic N) is 2. The van der Waals surface area contributed by atoms with Gasteiger partial charge in [-0.1, -0.05) is 16.8 Å². The summed E-state index contributed by atoms with van der Waals surface area (Å²) in [7, 11) is 0. The minimum absolute atomic E-state index is 0.00705. The summed E-state index contributed by atoms with van der Waals surface area (Å²) in [5, 5.41) is 11.8. The average Bonchev–Trinajstić information content (AvgIpc) is 2.41. The summed E-state index contributed by atoms with van der Waals surface area (Å²) in [6.07, 6.45) is 0. The van der Waals surface area contributed by atoms with Crippen molar-refractivity contribution >= 4 is 17.4 Å². The molecule has 0 bridgehead atoms. The van der Waals surface area contributed by atoms with Crippen molar-refractivity contribution in [3.63, 3.8) is 0 Å². The van der Waals surface area contributed by atoms with Crippen LogP contribution in [0.4, 0.5) is 4.39 Å². The lowest BCUT2D eigenvalue weighted by atomic mass is 10.1. The fraction of sp³-hybridized carbons (Fsp3) is 0.143. The number of rotatable bonds is 3. The minimum Gasteiger partial charge on any atom is -0.438 e. The molecule has 1 aromatic heterocycles. The fourth-order valence-corrected chi connectivity index (χ4v) is 2.01. The highest BCUT2D eigenvalue weighted by Gasteiger charge is 2.16. The monoisotopic (exact) mass is 309 g/mol. The molecule has 1 aromatic carbocycles. The van der Waals surface area contributed by atoms with E-state index in [1.165, 1.54) is 12.1 Å². The number of nitrogens with two attached hydrogens (primary N) is 1. The Balaban J connectivity index is 2.50. The zero-order chi connectivity index (χ0) is 15.6. The molecule has 0 saturated carbocycles. The van der Waals surface area contributed by atoms with E-state index in [9.17, 15) is 4.39 Å². The van der Waals surface area contributed by atoms with Crippen molar-refractivity contribution in [3.8, 4) is 11.6 Å². The molecule has 0 aliphatic carbocycles. The number of hydrogen-bond acceptors (Lipinski definition) is 4. The molecule has 2 aromatic rings. The maximum absolute atomic E-state index is 13.4. The molecule has 7 heteroatoms. The van der Waals surface area contributed by atoms with Crippen LogP contribution in [0.3, 0.4) is 0 Å². The summed E-state index contributed by atoms with van der Waals surface area (Å²) >= 11 is 5.62. The van der Waals surface area contributed by atoms with E-state index in [-0.39, 0.29) is 22.5 Å². The predicted octanol–water partition coefficient (Wildman–Crippen LogP) is 3.38. The van der Waals surface area contributed by atoms with Crippen molar-refractivity contribution < 1.29 is 14.3 Å². The van der Waals surface area contributed by atoms with E-state index >= 15 is 0 Å². The van der Waals surface area contributed by atoms with Gasteiger partial charge in [-0.05, 0) is 37.6 Å². The molecule has 0 amide bonds. The number of aryl methyl sites for hydroxylation is 2. The molecule has 0 fully saturated rings. The summed E-state index contributed by atoms with van der Waals surface area (Å²) in [6.45, 7) is 3.55. The number of halogens is 2. The summed E-state index contributed by atoms with van der Waals surface area (Å²) in [5.74, 6) is -0.403. The molecule has 0 atom stereocenters. The molecule has 0 aliphatic heterocycles. The van der Waals surface area contributed by atoms with Crippen LogP contribution in [0.1, 0.15) is 16.8 Å². The van der Waals surface area contributed by atoms with Crippen molar-refractivity contribution in [2.24, 2.45) is 10.9 Å². The first-order valence-electron chi connectivity index (χ1n) is 6.01. The number of amidine groups is 1. The lowest BCUT2D eigenvalue weighted by molar-refractivity contribution is 0.318. The van der Waals surface area contributed by atoms with E-state index in [4.69, 9.17) is 27.3 Å². The van der Waals surface area contributed by atoms with E-state index < -0.39 is 5.82 Å². The van der Waals surface area contributed by atoms with Crippen molar-refractivity contribution in [2.75, 3.05) is 0 Å². The Kier molecular flexibility index (Phi) is 4.28. The molecule has 1 heterocycles. The van der Waals surface area contributed by atoms with Gasteiger partial charge in [-0.3, -0.25) is 0 Å². The second kappa shape index (κ2) is 5.97. The number of aromatic nitrogens is 1. The fourth-order valence-electron chi connectivity index (χ4n) is 1.89. The molecule has 21 heavy (non-hydrogen) atoms. The first-order valence-corrected chi connectivity index (χ1v) is 6.39. The number of benzene rings is 1. The lowest BCUT2D eigenvalue weighted by Gasteiger charge is -2.13. The quantitative estimate of drug-likeness (QED) is 0.394. The van der Waals surface area contributed by atoms with Gasteiger partial charge < -0.3 is 15.7 Å². The topological polar surface area (TPSA) is 80.7 Å². The van der Waals surface area contributed by atoms with Crippen LogP contribution in [-0.4, -0.2) is 16.0 Å². The second-order valence-electron chi connectivity index (χ2n) is 4.42. The van der Waals surface area contributed by atoms with Gasteiger partial charge in [-0.2, -0.15) is 0 Å². The second-order valence-corrected chi connectivity index (χ2v) is 4.83. The molecular weight excluding hydrogens is 297 g/mol. The Morgan fingerprint density at radius 2 is 2.10 bits per heavy atom. The maximum Gasteiger partial charge on any atom is 0.230 e. The first-order chi connectivity index (χ1) is 9.92. The van der Waals surface area contributed by atoms with Gasteiger partial charge in [-0.25, -0.2) is 9.37 Å². The molecule has 110 valence electrons. The van der Waals surface area contributed by atoms with Crippen LogP contribution >= 0.6 is 11.6 Å². The Morgan fingerprint density at radius 1 is 1.38 bits per heavy atom. The van der Waals surface area contributed by atoms with E-state index in [0.29, 0.717) is 11.3 Å². The van der Waals surface area contributed by atoms with Crippen LogP contribution in [0, 0.1) is 19.7 Å². The molecule has 2 rings (SSSR count). The number of hydrogen-bond donors (Lipinski definition) is 2. The number of ether oxygens (including phenoxy) is 1. The van der Waals surface area contributed by atoms with Crippen LogP contribution in [0.5, 0.6) is 11.6 Å². The average molecular weight is 310 g/mol. The third-order valence-electron chi connectivity index (χ3n) is 2.78. The number of oxime groups is 1. The van der Waals surface area contributed by atoms with Gasteiger partial charge in [0.15, 0.2) is 5.84 Å². The largest absolute Gasteiger partial charge is 0.438 e. The minimum atomic E-state index is -0.608. The Morgan fingerprint density at radius 3 is 2.71 bits per heavy atom. The zero-order valence-corrected chi connectivity index (χ0v) is 12.1. The van der Waals surface area contributed by atoms with Crippen LogP contribution in [0.15, 0.2) is 29.4 Å². The van der Waals surface area contributed by atoms with Gasteiger partial charge in [0.1, 0.15) is 11.6 Å². The van der Waals surface area contributed by atoms with Gasteiger partial charge in [0.05, 0.1) is 10.6 Å². The molecule has 0 spiro atoms. The molecular formula is C14H13ClFN3O2. The standard InChI is InChI=1S/C14H13ClFN3O2/c1-7-5-8(2)18-14(12(7)13(17)19-20)21-9-3-4-10(15)11(16)6-9/h3-6,20H,1-2H3,(H2,17,19). The normalized spacial score (nSPS) is 11.5. The van der Waals surface area contributed by atoms with E-state index in [1.54, 1.807) is 19.9 Å². The molecule has 0 aliphatic rings. The van der Waals surface area contributed by atoms with Gasteiger partial charge >= 0.3 is 0 Å². The maximum atomic E-state index is 13.4. The summed E-state index contributed by atoms with van der Waals surface area (Å²) < 4.78 is 19.0. The molecule has 3 N–H and O–H groups in total. The molecule has 5 nitrogen and oxygen atoms in total. The predicted molar refractivity (Wildman–Crippen MR) is 77.7 cm³/mol. The summed E-state index contributed by atoms with van der Waals surface area (Å²) in [5.41, 5.74) is 7.40. The Hall–Kier alpha value is -2.34. The molecule has 0 saturated heterocycles. The number of pyridine rings is 1. The van der Waals surface area contributed by atoms with Crippen molar-refractivity contribution in [3.05, 3.63) is 51.9 Å². The smallest absolute Gasteiger partial charge is 0.230 e. The van der Waals surface area contributed by atoms with Gasteiger partial charge in [0.2, 0.25) is 5.88 Å². The van der Waals surface area contributed by atoms with Crippen molar-refractivity contribution in [1.29, 1.82) is 0 Å². The molecule has 0 unspecified atom stereocenters. The third kappa shape index (κ3) is 3.22. The third-order valence-corrected chi connectivity index (χ3v) is 3.09. The van der Waals surface area contributed by atoms with Crippen LogP contribution in [0.2, 0.25) is 5.02 Å². The van der Waals surface area contributed by atoms with Crippen LogP contribution in [-0.2, 0) is 0 Å².